The number of nitrogens with one attached hydrogen (secondary N) is 1. The largest absolute Gasteiger partial charge is 0.347 e. The molecule has 2 rings (SSSR count). The van der Waals surface area contributed by atoms with E-state index in [1.807, 2.05) is 30.3 Å². The Balaban J connectivity index is 2.29. The maximum atomic E-state index is 11.8. The van der Waals surface area contributed by atoms with Gasteiger partial charge in [-0.05, 0) is 17.1 Å². The van der Waals surface area contributed by atoms with Gasteiger partial charge >= 0.3 is 0 Å². The van der Waals surface area contributed by atoms with Gasteiger partial charge in [0.2, 0.25) is 0 Å². The Morgan fingerprint density at radius 3 is 2.88 bits per heavy atom. The maximum absolute atomic E-state index is 11.8. The summed E-state index contributed by atoms with van der Waals surface area (Å²) >= 11 is 1.22. The summed E-state index contributed by atoms with van der Waals surface area (Å²) in [6.07, 6.45) is 1.62. The van der Waals surface area contributed by atoms with Crippen LogP contribution in [0.3, 0.4) is 0 Å². The monoisotopic (exact) mass is 245 g/mol. The molecule has 5 heteroatoms. The molecule has 1 amide bonds. The Labute approximate surface area is 103 Å². The van der Waals surface area contributed by atoms with Crippen molar-refractivity contribution in [1.82, 2.24) is 14.9 Å². The van der Waals surface area contributed by atoms with Crippen LogP contribution < -0.4 is 5.32 Å². The molecule has 0 aliphatic rings. The number of carbonyl (C=O) groups excluding carboxylic acids is 1. The van der Waals surface area contributed by atoms with E-state index >= 15 is 0 Å². The third-order valence-corrected chi connectivity index (χ3v) is 2.92. The SMILES string of the molecule is C=CCNC(=O)c1nnsc1-c1ccccc1. The minimum absolute atomic E-state index is 0.225. The Hall–Kier alpha value is -2.01. The lowest BCUT2D eigenvalue weighted by molar-refractivity contribution is 0.0953. The molecule has 1 heterocycles. The zero-order valence-corrected chi connectivity index (χ0v) is 9.91. The van der Waals surface area contributed by atoms with Gasteiger partial charge in [-0.2, -0.15) is 0 Å². The lowest BCUT2D eigenvalue weighted by Crippen LogP contribution is -2.24. The van der Waals surface area contributed by atoms with Crippen molar-refractivity contribution in [3.8, 4) is 10.4 Å². The fourth-order valence-electron chi connectivity index (χ4n) is 1.37. The summed E-state index contributed by atoms with van der Waals surface area (Å²) in [5.41, 5.74) is 1.31. The molecule has 0 saturated carbocycles. The second-order valence-corrected chi connectivity index (χ2v) is 4.07. The highest BCUT2D eigenvalue weighted by molar-refractivity contribution is 7.09. The minimum Gasteiger partial charge on any atom is -0.347 e. The van der Waals surface area contributed by atoms with Gasteiger partial charge in [0, 0.05) is 6.54 Å². The second-order valence-electron chi connectivity index (χ2n) is 3.32. The molecule has 0 radical (unpaired) electrons. The van der Waals surface area contributed by atoms with Crippen LogP contribution >= 0.6 is 11.5 Å². The van der Waals surface area contributed by atoms with Gasteiger partial charge in [0.1, 0.15) is 0 Å². The Kier molecular flexibility index (Phi) is 3.62. The molecular weight excluding hydrogens is 234 g/mol. The zero-order chi connectivity index (χ0) is 12.1. The van der Waals surface area contributed by atoms with Crippen LogP contribution in [0.4, 0.5) is 0 Å². The molecule has 0 spiro atoms. The summed E-state index contributed by atoms with van der Waals surface area (Å²) in [5, 5.41) is 6.56. The number of amides is 1. The topological polar surface area (TPSA) is 54.9 Å². The van der Waals surface area contributed by atoms with Gasteiger partial charge in [-0.3, -0.25) is 4.79 Å². The van der Waals surface area contributed by atoms with Crippen molar-refractivity contribution in [2.45, 2.75) is 0 Å². The van der Waals surface area contributed by atoms with Crippen molar-refractivity contribution in [2.24, 2.45) is 0 Å². The summed E-state index contributed by atoms with van der Waals surface area (Å²) in [4.78, 5) is 12.6. The first-order chi connectivity index (χ1) is 8.33. The molecule has 0 bridgehead atoms. The first-order valence-corrected chi connectivity index (χ1v) is 5.87. The van der Waals surface area contributed by atoms with Crippen molar-refractivity contribution >= 4 is 17.4 Å². The number of rotatable bonds is 4. The standard InChI is InChI=1S/C12H11N3OS/c1-2-8-13-12(16)10-11(17-15-14-10)9-6-4-3-5-7-9/h2-7H,1,8H2,(H,13,16). The molecular formula is C12H11N3OS. The van der Waals surface area contributed by atoms with E-state index in [0.717, 1.165) is 10.4 Å². The van der Waals surface area contributed by atoms with E-state index in [-0.39, 0.29) is 5.91 Å². The number of nitrogens with zero attached hydrogens (tertiary/aromatic N) is 2. The maximum Gasteiger partial charge on any atom is 0.273 e. The van der Waals surface area contributed by atoms with Gasteiger partial charge in [-0.25, -0.2) is 0 Å². The highest BCUT2D eigenvalue weighted by Gasteiger charge is 2.16. The summed E-state index contributed by atoms with van der Waals surface area (Å²) in [7, 11) is 0. The van der Waals surface area contributed by atoms with Crippen LogP contribution in [-0.2, 0) is 0 Å². The summed E-state index contributed by atoms with van der Waals surface area (Å²) in [5.74, 6) is -0.225. The molecule has 0 fully saturated rings. The highest BCUT2D eigenvalue weighted by atomic mass is 32.1. The fourth-order valence-corrected chi connectivity index (χ4v) is 2.03. The number of aromatic nitrogens is 2. The molecule has 4 nitrogen and oxygen atoms in total. The predicted octanol–water partition coefficient (Wildman–Crippen LogP) is 2.12. The van der Waals surface area contributed by atoms with E-state index in [0.29, 0.717) is 12.2 Å². The molecule has 0 aliphatic carbocycles. The smallest absolute Gasteiger partial charge is 0.273 e. The number of hydrogen-bond acceptors (Lipinski definition) is 4. The van der Waals surface area contributed by atoms with Crippen molar-refractivity contribution < 1.29 is 4.79 Å². The van der Waals surface area contributed by atoms with Crippen molar-refractivity contribution in [2.75, 3.05) is 6.54 Å². The lowest BCUT2D eigenvalue weighted by atomic mass is 10.1. The van der Waals surface area contributed by atoms with Crippen molar-refractivity contribution in [1.29, 1.82) is 0 Å². The normalized spacial score (nSPS) is 9.88. The summed E-state index contributed by atoms with van der Waals surface area (Å²) < 4.78 is 3.83. The summed E-state index contributed by atoms with van der Waals surface area (Å²) in [6, 6.07) is 9.62. The molecule has 1 aromatic carbocycles. The third kappa shape index (κ3) is 2.57. The van der Waals surface area contributed by atoms with Crippen LogP contribution in [0.1, 0.15) is 10.5 Å². The van der Waals surface area contributed by atoms with Crippen LogP contribution in [0.2, 0.25) is 0 Å². The molecule has 0 unspecified atom stereocenters. The van der Waals surface area contributed by atoms with E-state index in [4.69, 9.17) is 0 Å². The van der Waals surface area contributed by atoms with Crippen molar-refractivity contribution in [3.05, 3.63) is 48.7 Å². The van der Waals surface area contributed by atoms with Gasteiger partial charge in [-0.15, -0.1) is 11.7 Å². The molecule has 1 N–H and O–H groups in total. The third-order valence-electron chi connectivity index (χ3n) is 2.15. The fraction of sp³-hybridized carbons (Fsp3) is 0.0833. The van der Waals surface area contributed by atoms with Gasteiger partial charge < -0.3 is 5.32 Å². The van der Waals surface area contributed by atoms with Gasteiger partial charge in [0.15, 0.2) is 5.69 Å². The van der Waals surface area contributed by atoms with Crippen LogP contribution in [0.25, 0.3) is 10.4 Å². The van der Waals surface area contributed by atoms with E-state index < -0.39 is 0 Å². The molecule has 2 aromatic rings. The van der Waals surface area contributed by atoms with E-state index in [1.54, 1.807) is 6.08 Å². The molecule has 17 heavy (non-hydrogen) atoms. The van der Waals surface area contributed by atoms with Crippen LogP contribution in [0.15, 0.2) is 43.0 Å². The predicted molar refractivity (Wildman–Crippen MR) is 67.9 cm³/mol. The van der Waals surface area contributed by atoms with Crippen LogP contribution in [0.5, 0.6) is 0 Å². The molecule has 0 aliphatic heterocycles. The first-order valence-electron chi connectivity index (χ1n) is 5.10. The van der Waals surface area contributed by atoms with Crippen molar-refractivity contribution in [3.63, 3.8) is 0 Å². The Morgan fingerprint density at radius 1 is 1.41 bits per heavy atom. The highest BCUT2D eigenvalue weighted by Crippen LogP contribution is 2.25. The minimum atomic E-state index is -0.225. The molecule has 1 aromatic heterocycles. The molecule has 0 saturated heterocycles. The number of benzene rings is 1. The Bertz CT molecular complexity index is 522. The number of carbonyl (C=O) groups is 1. The van der Waals surface area contributed by atoms with E-state index in [1.165, 1.54) is 11.5 Å². The summed E-state index contributed by atoms with van der Waals surface area (Å²) in [6.45, 7) is 3.97. The number of hydrogen-bond donors (Lipinski definition) is 1. The van der Waals surface area contributed by atoms with Crippen LogP contribution in [-0.4, -0.2) is 22.0 Å². The van der Waals surface area contributed by atoms with E-state index in [9.17, 15) is 4.79 Å². The van der Waals surface area contributed by atoms with Crippen LogP contribution in [0, 0.1) is 0 Å². The average molecular weight is 245 g/mol. The molecule has 0 atom stereocenters. The van der Waals surface area contributed by atoms with Gasteiger partial charge in [0.25, 0.3) is 5.91 Å². The van der Waals surface area contributed by atoms with Gasteiger partial charge in [-0.1, -0.05) is 40.9 Å². The average Bonchev–Trinajstić information content (AvgIpc) is 2.86. The second kappa shape index (κ2) is 5.36. The van der Waals surface area contributed by atoms with E-state index in [2.05, 4.69) is 21.5 Å². The first kappa shape index (κ1) is 11.5. The van der Waals surface area contributed by atoms with Gasteiger partial charge in [0.05, 0.1) is 4.88 Å². The zero-order valence-electron chi connectivity index (χ0n) is 9.09. The lowest BCUT2D eigenvalue weighted by Gasteiger charge is -2.01. The molecule has 86 valence electrons. The Morgan fingerprint density at radius 2 is 2.18 bits per heavy atom. The quantitative estimate of drug-likeness (QED) is 0.839.